The summed E-state index contributed by atoms with van der Waals surface area (Å²) in [4.78, 5) is 29.8. The van der Waals surface area contributed by atoms with E-state index in [1.807, 2.05) is 43.3 Å². The largest absolute Gasteiger partial charge is 0.423 e. The number of esters is 1. The molecule has 1 aromatic heterocycles. The molecule has 0 atom stereocenters. The summed E-state index contributed by atoms with van der Waals surface area (Å²) in [5.41, 5.74) is 5.06. The third-order valence-corrected chi connectivity index (χ3v) is 5.53. The lowest BCUT2D eigenvalue weighted by atomic mass is 10.2. The molecule has 6 nitrogen and oxygen atoms in total. The first-order valence-corrected chi connectivity index (χ1v) is 10.7. The van der Waals surface area contributed by atoms with E-state index >= 15 is 0 Å². The first kappa shape index (κ1) is 21.1. The SMILES string of the molecule is Cc1sc(-c2ccccc2)nc1C(=O)N/N=C\c1ccc(OC(=O)c2ccccc2)cc1. The third-order valence-electron chi connectivity index (χ3n) is 4.51. The number of nitrogens with one attached hydrogen (secondary N) is 1. The highest BCUT2D eigenvalue weighted by Gasteiger charge is 2.15. The Morgan fingerprint density at radius 3 is 2.28 bits per heavy atom. The molecular weight excluding hydrogens is 422 g/mol. The molecule has 1 N–H and O–H groups in total. The lowest BCUT2D eigenvalue weighted by molar-refractivity contribution is 0.0734. The summed E-state index contributed by atoms with van der Waals surface area (Å²) < 4.78 is 5.35. The van der Waals surface area contributed by atoms with Crippen LogP contribution in [0.15, 0.2) is 90.0 Å². The third kappa shape index (κ3) is 5.14. The number of nitrogens with zero attached hydrogens (tertiary/aromatic N) is 2. The molecular formula is C25H19N3O3S. The van der Waals surface area contributed by atoms with Crippen LogP contribution in [-0.4, -0.2) is 23.1 Å². The van der Waals surface area contributed by atoms with Gasteiger partial charge in [0.25, 0.3) is 5.91 Å². The molecule has 0 aliphatic carbocycles. The standard InChI is InChI=1S/C25H19N3O3S/c1-17-22(27-24(32-17)19-8-4-2-5-9-19)23(29)28-26-16-18-12-14-21(15-13-18)31-25(30)20-10-6-3-7-11-20/h2-16H,1H3,(H,28,29)/b26-16-. The molecule has 0 aliphatic rings. The molecule has 0 bridgehead atoms. The van der Waals surface area contributed by atoms with Crippen LogP contribution in [0.5, 0.6) is 5.75 Å². The quantitative estimate of drug-likeness (QED) is 0.195. The van der Waals surface area contributed by atoms with Gasteiger partial charge >= 0.3 is 5.97 Å². The first-order chi connectivity index (χ1) is 15.6. The topological polar surface area (TPSA) is 80.7 Å². The van der Waals surface area contributed by atoms with Gasteiger partial charge in [0.1, 0.15) is 16.5 Å². The molecule has 0 radical (unpaired) electrons. The van der Waals surface area contributed by atoms with Gasteiger partial charge in [-0.2, -0.15) is 5.10 Å². The van der Waals surface area contributed by atoms with E-state index in [4.69, 9.17) is 4.74 Å². The maximum absolute atomic E-state index is 12.5. The lowest BCUT2D eigenvalue weighted by Gasteiger charge is -2.04. The first-order valence-electron chi connectivity index (χ1n) is 9.84. The van der Waals surface area contributed by atoms with E-state index in [0.717, 1.165) is 21.0 Å². The number of thiazole rings is 1. The molecule has 7 heteroatoms. The van der Waals surface area contributed by atoms with E-state index in [9.17, 15) is 9.59 Å². The lowest BCUT2D eigenvalue weighted by Crippen LogP contribution is -2.18. The van der Waals surface area contributed by atoms with Crippen LogP contribution in [-0.2, 0) is 0 Å². The van der Waals surface area contributed by atoms with Gasteiger partial charge in [-0.15, -0.1) is 11.3 Å². The van der Waals surface area contributed by atoms with Crippen LogP contribution in [0.2, 0.25) is 0 Å². The van der Waals surface area contributed by atoms with E-state index < -0.39 is 5.97 Å². The van der Waals surface area contributed by atoms with Gasteiger partial charge < -0.3 is 4.74 Å². The summed E-state index contributed by atoms with van der Waals surface area (Å²) in [6, 6.07) is 25.3. The molecule has 3 aromatic carbocycles. The van der Waals surface area contributed by atoms with Crippen molar-refractivity contribution in [2.45, 2.75) is 6.92 Å². The van der Waals surface area contributed by atoms with Crippen molar-refractivity contribution >= 4 is 29.4 Å². The number of carbonyl (C=O) groups is 2. The van der Waals surface area contributed by atoms with E-state index in [1.165, 1.54) is 17.6 Å². The molecule has 4 rings (SSSR count). The summed E-state index contributed by atoms with van der Waals surface area (Å²) in [7, 11) is 0. The highest BCUT2D eigenvalue weighted by molar-refractivity contribution is 7.15. The van der Waals surface area contributed by atoms with E-state index in [2.05, 4.69) is 15.5 Å². The van der Waals surface area contributed by atoms with Gasteiger partial charge in [-0.1, -0.05) is 48.5 Å². The molecule has 158 valence electrons. The molecule has 1 amide bonds. The van der Waals surface area contributed by atoms with Gasteiger partial charge in [0.05, 0.1) is 11.8 Å². The summed E-state index contributed by atoms with van der Waals surface area (Å²) in [5.74, 6) is -0.370. The molecule has 0 aliphatic heterocycles. The summed E-state index contributed by atoms with van der Waals surface area (Å²) in [6.45, 7) is 1.86. The minimum Gasteiger partial charge on any atom is -0.423 e. The van der Waals surface area contributed by atoms with Crippen LogP contribution in [0.25, 0.3) is 10.6 Å². The number of hydrogen-bond donors (Lipinski definition) is 1. The van der Waals surface area contributed by atoms with Gasteiger partial charge in [-0.3, -0.25) is 4.79 Å². The fraction of sp³-hybridized carbons (Fsp3) is 0.0400. The number of aryl methyl sites for hydroxylation is 1. The summed E-state index contributed by atoms with van der Waals surface area (Å²) >= 11 is 1.47. The highest BCUT2D eigenvalue weighted by atomic mass is 32.1. The van der Waals surface area contributed by atoms with Crippen LogP contribution in [0, 0.1) is 6.92 Å². The predicted molar refractivity (Wildman–Crippen MR) is 125 cm³/mol. The second-order valence-electron chi connectivity index (χ2n) is 6.81. The van der Waals surface area contributed by atoms with E-state index in [1.54, 1.807) is 48.5 Å². The number of aromatic nitrogens is 1. The van der Waals surface area contributed by atoms with Crippen LogP contribution in [0.4, 0.5) is 0 Å². The Morgan fingerprint density at radius 2 is 1.59 bits per heavy atom. The van der Waals surface area contributed by atoms with Crippen molar-refractivity contribution in [2.75, 3.05) is 0 Å². The number of hydrogen-bond acceptors (Lipinski definition) is 6. The van der Waals surface area contributed by atoms with Crippen molar-refractivity contribution in [3.05, 3.63) is 107 Å². The van der Waals surface area contributed by atoms with Gasteiger partial charge in [0, 0.05) is 10.4 Å². The Hall–Kier alpha value is -4.10. The average molecular weight is 442 g/mol. The normalized spacial score (nSPS) is 10.8. The molecule has 0 spiro atoms. The zero-order valence-electron chi connectivity index (χ0n) is 17.2. The molecule has 0 saturated carbocycles. The fourth-order valence-corrected chi connectivity index (χ4v) is 3.81. The number of benzene rings is 3. The zero-order chi connectivity index (χ0) is 22.3. The Balaban J connectivity index is 1.35. The molecule has 0 unspecified atom stereocenters. The Kier molecular flexibility index (Phi) is 6.48. The van der Waals surface area contributed by atoms with E-state index in [-0.39, 0.29) is 5.91 Å². The van der Waals surface area contributed by atoms with Gasteiger partial charge in [0.15, 0.2) is 0 Å². The number of ether oxygens (including phenoxy) is 1. The fourth-order valence-electron chi connectivity index (χ4n) is 2.89. The number of hydrazone groups is 1. The predicted octanol–water partition coefficient (Wildman–Crippen LogP) is 5.10. The van der Waals surface area contributed by atoms with Crippen molar-refractivity contribution in [2.24, 2.45) is 5.10 Å². The van der Waals surface area contributed by atoms with Crippen molar-refractivity contribution in [3.8, 4) is 16.3 Å². The highest BCUT2D eigenvalue weighted by Crippen LogP contribution is 2.27. The Labute approximate surface area is 189 Å². The second-order valence-corrected chi connectivity index (χ2v) is 8.02. The summed E-state index contributed by atoms with van der Waals surface area (Å²) in [5, 5.41) is 4.80. The second kappa shape index (κ2) is 9.80. The van der Waals surface area contributed by atoms with Crippen LogP contribution in [0.1, 0.15) is 31.3 Å². The number of carbonyl (C=O) groups excluding carboxylic acids is 2. The van der Waals surface area contributed by atoms with Crippen LogP contribution >= 0.6 is 11.3 Å². The zero-order valence-corrected chi connectivity index (χ0v) is 18.0. The average Bonchev–Trinajstić information content (AvgIpc) is 3.23. The molecule has 0 fully saturated rings. The van der Waals surface area contributed by atoms with Crippen molar-refractivity contribution in [3.63, 3.8) is 0 Å². The van der Waals surface area contributed by atoms with Gasteiger partial charge in [-0.25, -0.2) is 15.2 Å². The van der Waals surface area contributed by atoms with Crippen LogP contribution < -0.4 is 10.2 Å². The summed E-state index contributed by atoms with van der Waals surface area (Å²) in [6.07, 6.45) is 1.51. The number of amides is 1. The molecule has 1 heterocycles. The van der Waals surface area contributed by atoms with Crippen molar-refractivity contribution in [1.82, 2.24) is 10.4 Å². The maximum Gasteiger partial charge on any atom is 0.343 e. The van der Waals surface area contributed by atoms with Crippen LogP contribution in [0.3, 0.4) is 0 Å². The van der Waals surface area contributed by atoms with Crippen molar-refractivity contribution < 1.29 is 14.3 Å². The van der Waals surface area contributed by atoms with Gasteiger partial charge in [-0.05, 0) is 48.9 Å². The Morgan fingerprint density at radius 1 is 0.938 bits per heavy atom. The maximum atomic E-state index is 12.5. The number of rotatable bonds is 6. The molecule has 32 heavy (non-hydrogen) atoms. The van der Waals surface area contributed by atoms with E-state index in [0.29, 0.717) is 17.0 Å². The minimum atomic E-state index is -0.423. The monoisotopic (exact) mass is 441 g/mol. The smallest absolute Gasteiger partial charge is 0.343 e. The molecule has 4 aromatic rings. The molecule has 0 saturated heterocycles. The van der Waals surface area contributed by atoms with Gasteiger partial charge in [0.2, 0.25) is 0 Å². The Bertz CT molecular complexity index is 1250. The minimum absolute atomic E-state index is 0.356. The van der Waals surface area contributed by atoms with Crippen molar-refractivity contribution in [1.29, 1.82) is 0 Å².